The van der Waals surface area contributed by atoms with Crippen LogP contribution < -0.4 is 10.6 Å². The lowest BCUT2D eigenvalue weighted by molar-refractivity contribution is -0.123. The third kappa shape index (κ3) is 2.17. The van der Waals surface area contributed by atoms with Crippen molar-refractivity contribution in [3.05, 3.63) is 16.6 Å². The van der Waals surface area contributed by atoms with E-state index >= 15 is 0 Å². The van der Waals surface area contributed by atoms with Crippen molar-refractivity contribution < 1.29 is 4.79 Å². The summed E-state index contributed by atoms with van der Waals surface area (Å²) < 4.78 is 0. The highest BCUT2D eigenvalue weighted by atomic mass is 32.1. The van der Waals surface area contributed by atoms with Crippen LogP contribution >= 0.6 is 11.3 Å². The highest BCUT2D eigenvalue weighted by Gasteiger charge is 2.57. The lowest BCUT2D eigenvalue weighted by Gasteiger charge is -2.23. The first-order valence-corrected chi connectivity index (χ1v) is 7.50. The molecule has 5 heteroatoms. The second-order valence-electron chi connectivity index (χ2n) is 5.47. The van der Waals surface area contributed by atoms with Gasteiger partial charge in [-0.2, -0.15) is 0 Å². The molecule has 1 aromatic heterocycles. The number of nitrogens with one attached hydrogen (secondary N) is 2. The monoisotopic (exact) mass is 265 g/mol. The van der Waals surface area contributed by atoms with E-state index in [1.165, 1.54) is 0 Å². The van der Waals surface area contributed by atoms with Crippen LogP contribution in [0.4, 0.5) is 0 Å². The maximum atomic E-state index is 12.2. The molecule has 18 heavy (non-hydrogen) atoms. The molecular formula is C13H19N3OS. The van der Waals surface area contributed by atoms with E-state index in [9.17, 15) is 4.79 Å². The van der Waals surface area contributed by atoms with E-state index in [-0.39, 0.29) is 17.9 Å². The summed E-state index contributed by atoms with van der Waals surface area (Å²) in [4.78, 5) is 16.5. The van der Waals surface area contributed by atoms with E-state index < -0.39 is 0 Å². The summed E-state index contributed by atoms with van der Waals surface area (Å²) in [5.74, 6) is 0.460. The Morgan fingerprint density at radius 2 is 2.39 bits per heavy atom. The standard InChI is InChI=1S/C13H19N3OS/c1-9(12-15-6-7-18-12)16-11(17)10-8-13(10)2-4-14-5-3-13/h6-7,9-10,14H,2-5,8H2,1H3,(H,16,17). The van der Waals surface area contributed by atoms with Crippen molar-refractivity contribution in [2.24, 2.45) is 11.3 Å². The minimum absolute atomic E-state index is 0.0388. The fourth-order valence-corrected chi connectivity index (χ4v) is 3.67. The molecule has 2 aliphatic rings. The van der Waals surface area contributed by atoms with Gasteiger partial charge in [-0.05, 0) is 44.7 Å². The number of thiazole rings is 1. The molecule has 3 rings (SSSR count). The normalized spacial score (nSPS) is 26.8. The minimum atomic E-state index is 0.0388. The summed E-state index contributed by atoms with van der Waals surface area (Å²) >= 11 is 1.60. The first kappa shape index (κ1) is 12.1. The van der Waals surface area contributed by atoms with Gasteiger partial charge in [0.1, 0.15) is 5.01 Å². The molecule has 1 aliphatic carbocycles. The Kier molecular flexibility index (Phi) is 3.11. The third-order valence-electron chi connectivity index (χ3n) is 4.29. The molecule has 2 N–H and O–H groups in total. The number of piperidine rings is 1. The number of amides is 1. The van der Waals surface area contributed by atoms with Crippen molar-refractivity contribution in [2.45, 2.75) is 32.2 Å². The molecule has 1 saturated heterocycles. The largest absolute Gasteiger partial charge is 0.347 e. The molecule has 1 saturated carbocycles. The zero-order chi connectivity index (χ0) is 12.6. The van der Waals surface area contributed by atoms with Crippen LogP contribution in [0.25, 0.3) is 0 Å². The van der Waals surface area contributed by atoms with E-state index in [1.54, 1.807) is 17.5 Å². The van der Waals surface area contributed by atoms with Gasteiger partial charge < -0.3 is 10.6 Å². The second-order valence-corrected chi connectivity index (χ2v) is 6.40. The molecule has 2 atom stereocenters. The minimum Gasteiger partial charge on any atom is -0.347 e. The van der Waals surface area contributed by atoms with E-state index in [0.29, 0.717) is 5.41 Å². The van der Waals surface area contributed by atoms with Gasteiger partial charge in [-0.1, -0.05) is 0 Å². The van der Waals surface area contributed by atoms with Crippen LogP contribution in [0.2, 0.25) is 0 Å². The average molecular weight is 265 g/mol. The molecule has 2 heterocycles. The van der Waals surface area contributed by atoms with Gasteiger partial charge in [-0.15, -0.1) is 11.3 Å². The molecule has 1 aliphatic heterocycles. The molecule has 98 valence electrons. The average Bonchev–Trinajstić information content (AvgIpc) is 2.84. The van der Waals surface area contributed by atoms with Gasteiger partial charge in [0.05, 0.1) is 6.04 Å². The first-order valence-electron chi connectivity index (χ1n) is 6.62. The Hall–Kier alpha value is -0.940. The van der Waals surface area contributed by atoms with Gasteiger partial charge >= 0.3 is 0 Å². The highest BCUT2D eigenvalue weighted by molar-refractivity contribution is 7.09. The van der Waals surface area contributed by atoms with Crippen LogP contribution in [0.15, 0.2) is 11.6 Å². The number of carbonyl (C=O) groups excluding carboxylic acids is 1. The Morgan fingerprint density at radius 1 is 1.61 bits per heavy atom. The summed E-state index contributed by atoms with van der Waals surface area (Å²) in [6, 6.07) is 0.0388. The number of aromatic nitrogens is 1. The molecule has 1 spiro atoms. The van der Waals surface area contributed by atoms with Crippen molar-refractivity contribution in [3.8, 4) is 0 Å². The fraction of sp³-hybridized carbons (Fsp3) is 0.692. The number of carbonyl (C=O) groups is 1. The maximum absolute atomic E-state index is 12.2. The SMILES string of the molecule is CC(NC(=O)C1CC12CCNCC2)c1nccs1. The van der Waals surface area contributed by atoms with Gasteiger partial charge in [0.25, 0.3) is 0 Å². The zero-order valence-electron chi connectivity index (χ0n) is 10.6. The number of nitrogens with zero attached hydrogens (tertiary/aromatic N) is 1. The fourth-order valence-electron chi connectivity index (χ4n) is 3.02. The van der Waals surface area contributed by atoms with Gasteiger partial charge in [-0.25, -0.2) is 4.98 Å². The summed E-state index contributed by atoms with van der Waals surface area (Å²) in [6.07, 6.45) is 5.16. The molecular weight excluding hydrogens is 246 g/mol. The Morgan fingerprint density at radius 3 is 3.06 bits per heavy atom. The topological polar surface area (TPSA) is 54.0 Å². The Bertz CT molecular complexity index is 425. The molecule has 0 radical (unpaired) electrons. The predicted molar refractivity (Wildman–Crippen MR) is 71.3 cm³/mol. The van der Waals surface area contributed by atoms with Gasteiger partial charge in [0, 0.05) is 17.5 Å². The van der Waals surface area contributed by atoms with Gasteiger partial charge in [-0.3, -0.25) is 4.79 Å². The van der Waals surface area contributed by atoms with E-state index in [0.717, 1.165) is 37.4 Å². The first-order chi connectivity index (χ1) is 8.71. The van der Waals surface area contributed by atoms with Crippen molar-refractivity contribution in [2.75, 3.05) is 13.1 Å². The molecule has 0 bridgehead atoms. The summed E-state index contributed by atoms with van der Waals surface area (Å²) in [6.45, 7) is 4.13. The molecule has 2 unspecified atom stereocenters. The third-order valence-corrected chi connectivity index (χ3v) is 5.24. The van der Waals surface area contributed by atoms with Crippen LogP contribution in [-0.2, 0) is 4.79 Å². The Balaban J connectivity index is 1.57. The summed E-state index contributed by atoms with van der Waals surface area (Å²) in [5, 5.41) is 9.40. The van der Waals surface area contributed by atoms with Crippen LogP contribution in [0, 0.1) is 11.3 Å². The summed E-state index contributed by atoms with van der Waals surface area (Å²) in [7, 11) is 0. The molecule has 1 amide bonds. The number of hydrogen-bond donors (Lipinski definition) is 2. The molecule has 1 aromatic rings. The lowest BCUT2D eigenvalue weighted by atomic mass is 9.91. The predicted octanol–water partition coefficient (Wildman–Crippen LogP) is 1.71. The maximum Gasteiger partial charge on any atom is 0.224 e. The van der Waals surface area contributed by atoms with Gasteiger partial charge in [0.2, 0.25) is 5.91 Å². The van der Waals surface area contributed by atoms with Crippen molar-refractivity contribution in [1.29, 1.82) is 0 Å². The van der Waals surface area contributed by atoms with Crippen LogP contribution in [0.5, 0.6) is 0 Å². The second kappa shape index (κ2) is 4.63. The van der Waals surface area contributed by atoms with Crippen molar-refractivity contribution >= 4 is 17.2 Å². The number of hydrogen-bond acceptors (Lipinski definition) is 4. The smallest absolute Gasteiger partial charge is 0.224 e. The van der Waals surface area contributed by atoms with Crippen LogP contribution in [-0.4, -0.2) is 24.0 Å². The van der Waals surface area contributed by atoms with Crippen LogP contribution in [0.3, 0.4) is 0 Å². The van der Waals surface area contributed by atoms with Crippen molar-refractivity contribution in [1.82, 2.24) is 15.6 Å². The lowest BCUT2D eigenvalue weighted by Crippen LogP contribution is -2.34. The molecule has 0 aromatic carbocycles. The van der Waals surface area contributed by atoms with E-state index in [2.05, 4.69) is 15.6 Å². The van der Waals surface area contributed by atoms with Gasteiger partial charge in [0.15, 0.2) is 0 Å². The highest BCUT2D eigenvalue weighted by Crippen LogP contribution is 2.58. The summed E-state index contributed by atoms with van der Waals surface area (Å²) in [5.41, 5.74) is 0.317. The van der Waals surface area contributed by atoms with E-state index in [4.69, 9.17) is 0 Å². The van der Waals surface area contributed by atoms with Crippen LogP contribution in [0.1, 0.15) is 37.2 Å². The van der Waals surface area contributed by atoms with Crippen molar-refractivity contribution in [3.63, 3.8) is 0 Å². The van der Waals surface area contributed by atoms with E-state index in [1.807, 2.05) is 12.3 Å². The zero-order valence-corrected chi connectivity index (χ0v) is 11.4. The Labute approximate surface area is 111 Å². The molecule has 2 fully saturated rings. The number of rotatable bonds is 3. The molecule has 4 nitrogen and oxygen atoms in total. The quantitative estimate of drug-likeness (QED) is 0.875.